The third-order valence-corrected chi connectivity index (χ3v) is 4.30. The van der Waals surface area contributed by atoms with E-state index in [9.17, 15) is 9.59 Å². The summed E-state index contributed by atoms with van der Waals surface area (Å²) in [5, 5.41) is 6.57. The van der Waals surface area contributed by atoms with Crippen molar-refractivity contribution in [2.24, 2.45) is 0 Å². The molecule has 1 aromatic carbocycles. The summed E-state index contributed by atoms with van der Waals surface area (Å²) >= 11 is 1.72. The van der Waals surface area contributed by atoms with Gasteiger partial charge in [-0.3, -0.25) is 9.59 Å². The third-order valence-electron chi connectivity index (χ3n) is 3.20. The van der Waals surface area contributed by atoms with Gasteiger partial charge in [0, 0.05) is 26.4 Å². The number of nitrogens with zero attached hydrogens (tertiary/aromatic N) is 1. The van der Waals surface area contributed by atoms with Gasteiger partial charge in [-0.05, 0) is 31.4 Å². The Kier molecular flexibility index (Phi) is 6.33. The Morgan fingerprint density at radius 2 is 1.91 bits per heavy atom. The van der Waals surface area contributed by atoms with Gasteiger partial charge in [-0.2, -0.15) is 0 Å². The van der Waals surface area contributed by atoms with Gasteiger partial charge < -0.3 is 10.6 Å². The Bertz CT molecular complexity index is 606. The van der Waals surface area contributed by atoms with E-state index in [0.717, 1.165) is 29.8 Å². The molecule has 0 unspecified atom stereocenters. The average molecular weight is 319 g/mol. The second-order valence-electron chi connectivity index (χ2n) is 5.12. The van der Waals surface area contributed by atoms with Crippen molar-refractivity contribution in [1.29, 1.82) is 0 Å². The molecule has 1 aromatic heterocycles. The molecular weight excluding hydrogens is 298 g/mol. The lowest BCUT2D eigenvalue weighted by molar-refractivity contribution is -0.122. The minimum Gasteiger partial charge on any atom is -0.355 e. The van der Waals surface area contributed by atoms with Crippen LogP contribution in [0.2, 0.25) is 0 Å². The number of carbonyl (C=O) groups is 2. The molecule has 0 aliphatic carbocycles. The van der Waals surface area contributed by atoms with Crippen LogP contribution in [0.1, 0.15) is 31.2 Å². The van der Waals surface area contributed by atoms with Gasteiger partial charge in [-0.25, -0.2) is 4.98 Å². The van der Waals surface area contributed by atoms with Crippen LogP contribution < -0.4 is 10.6 Å². The summed E-state index contributed by atoms with van der Waals surface area (Å²) in [7, 11) is 0. The smallest absolute Gasteiger partial charge is 0.220 e. The van der Waals surface area contributed by atoms with E-state index in [1.807, 2.05) is 18.2 Å². The minimum absolute atomic E-state index is 0.0367. The Labute approximate surface area is 134 Å². The molecule has 6 heteroatoms. The molecule has 22 heavy (non-hydrogen) atoms. The lowest BCUT2D eigenvalue weighted by Gasteiger charge is -2.05. The Balaban J connectivity index is 1.60. The van der Waals surface area contributed by atoms with Gasteiger partial charge in [0.25, 0.3) is 0 Å². The molecule has 0 radical (unpaired) electrons. The molecule has 0 bridgehead atoms. The van der Waals surface area contributed by atoms with Crippen LogP contribution in [-0.4, -0.2) is 29.9 Å². The second-order valence-corrected chi connectivity index (χ2v) is 6.23. The van der Waals surface area contributed by atoms with Crippen molar-refractivity contribution in [2.75, 3.05) is 13.1 Å². The highest BCUT2D eigenvalue weighted by molar-refractivity contribution is 7.18. The fourth-order valence-corrected chi connectivity index (χ4v) is 3.13. The molecule has 2 amide bonds. The van der Waals surface area contributed by atoms with Crippen molar-refractivity contribution in [3.05, 3.63) is 29.3 Å². The number of aryl methyl sites for hydroxylation is 1. The van der Waals surface area contributed by atoms with Crippen LogP contribution in [0.25, 0.3) is 10.2 Å². The van der Waals surface area contributed by atoms with Gasteiger partial charge in [0.15, 0.2) is 0 Å². The van der Waals surface area contributed by atoms with Gasteiger partial charge in [0.05, 0.1) is 15.2 Å². The SMILES string of the molecule is CC(=O)NCCNC(=O)CCCCc1nc2ccccc2s1. The first-order valence-electron chi connectivity index (χ1n) is 7.51. The van der Waals surface area contributed by atoms with Crippen molar-refractivity contribution in [3.8, 4) is 0 Å². The van der Waals surface area contributed by atoms with E-state index < -0.39 is 0 Å². The van der Waals surface area contributed by atoms with Crippen molar-refractivity contribution in [1.82, 2.24) is 15.6 Å². The Hall–Kier alpha value is -1.95. The molecule has 0 saturated carbocycles. The van der Waals surface area contributed by atoms with Crippen molar-refractivity contribution in [3.63, 3.8) is 0 Å². The van der Waals surface area contributed by atoms with E-state index in [0.29, 0.717) is 19.5 Å². The van der Waals surface area contributed by atoms with Crippen molar-refractivity contribution < 1.29 is 9.59 Å². The number of benzene rings is 1. The quantitative estimate of drug-likeness (QED) is 0.733. The fraction of sp³-hybridized carbons (Fsp3) is 0.438. The summed E-state index contributed by atoms with van der Waals surface area (Å²) in [5.41, 5.74) is 1.05. The van der Waals surface area contributed by atoms with Crippen LogP contribution in [-0.2, 0) is 16.0 Å². The van der Waals surface area contributed by atoms with Crippen LogP contribution >= 0.6 is 11.3 Å². The maximum atomic E-state index is 11.6. The summed E-state index contributed by atoms with van der Waals surface area (Å²) in [6, 6.07) is 8.13. The standard InChI is InChI=1S/C16H21N3O2S/c1-12(20)17-10-11-18-15(21)8-4-5-9-16-19-13-6-2-3-7-14(13)22-16/h2-3,6-7H,4-5,8-11H2,1H3,(H,17,20)(H,18,21). The summed E-state index contributed by atoms with van der Waals surface area (Å²) < 4.78 is 1.22. The zero-order chi connectivity index (χ0) is 15.8. The maximum Gasteiger partial charge on any atom is 0.220 e. The molecule has 0 saturated heterocycles. The number of para-hydroxylation sites is 1. The molecule has 0 spiro atoms. The first kappa shape index (κ1) is 16.4. The van der Waals surface area contributed by atoms with Gasteiger partial charge in [-0.15, -0.1) is 11.3 Å². The Morgan fingerprint density at radius 3 is 2.68 bits per heavy atom. The first-order valence-corrected chi connectivity index (χ1v) is 8.32. The normalized spacial score (nSPS) is 10.6. The highest BCUT2D eigenvalue weighted by Gasteiger charge is 2.04. The average Bonchev–Trinajstić information content (AvgIpc) is 2.90. The lowest BCUT2D eigenvalue weighted by atomic mass is 10.2. The number of hydrogen-bond donors (Lipinski definition) is 2. The number of hydrogen-bond acceptors (Lipinski definition) is 4. The van der Waals surface area contributed by atoms with Crippen LogP contribution in [0.4, 0.5) is 0 Å². The van der Waals surface area contributed by atoms with Gasteiger partial charge in [0.2, 0.25) is 11.8 Å². The van der Waals surface area contributed by atoms with Gasteiger partial charge >= 0.3 is 0 Å². The van der Waals surface area contributed by atoms with Crippen LogP contribution in [0, 0.1) is 0 Å². The van der Waals surface area contributed by atoms with E-state index in [1.165, 1.54) is 11.6 Å². The largest absolute Gasteiger partial charge is 0.355 e. The summed E-state index contributed by atoms with van der Waals surface area (Å²) in [6.07, 6.45) is 3.24. The molecule has 1 heterocycles. The molecule has 118 valence electrons. The summed E-state index contributed by atoms with van der Waals surface area (Å²) in [4.78, 5) is 26.9. The number of thiazole rings is 1. The van der Waals surface area contributed by atoms with Crippen molar-refractivity contribution in [2.45, 2.75) is 32.6 Å². The van der Waals surface area contributed by atoms with Crippen LogP contribution in [0.15, 0.2) is 24.3 Å². The fourth-order valence-electron chi connectivity index (χ4n) is 2.12. The number of rotatable bonds is 8. The number of fused-ring (bicyclic) bond motifs is 1. The highest BCUT2D eigenvalue weighted by Crippen LogP contribution is 2.22. The molecule has 0 aliphatic heterocycles. The van der Waals surface area contributed by atoms with E-state index >= 15 is 0 Å². The maximum absolute atomic E-state index is 11.6. The molecule has 5 nitrogen and oxygen atoms in total. The van der Waals surface area contributed by atoms with E-state index in [1.54, 1.807) is 11.3 Å². The molecule has 0 atom stereocenters. The number of nitrogens with one attached hydrogen (secondary N) is 2. The summed E-state index contributed by atoms with van der Waals surface area (Å²) in [5.74, 6) is -0.0419. The van der Waals surface area contributed by atoms with Crippen LogP contribution in [0.5, 0.6) is 0 Å². The lowest BCUT2D eigenvalue weighted by Crippen LogP contribution is -2.33. The molecule has 0 fully saturated rings. The van der Waals surface area contributed by atoms with E-state index in [4.69, 9.17) is 0 Å². The first-order chi connectivity index (χ1) is 10.6. The topological polar surface area (TPSA) is 71.1 Å². The minimum atomic E-state index is -0.0786. The predicted octanol–water partition coefficient (Wildman–Crippen LogP) is 2.26. The molecule has 0 aliphatic rings. The summed E-state index contributed by atoms with van der Waals surface area (Å²) in [6.45, 7) is 2.42. The second kappa shape index (κ2) is 8.48. The molecule has 2 rings (SSSR count). The number of unbranched alkanes of at least 4 members (excludes halogenated alkanes) is 1. The Morgan fingerprint density at radius 1 is 1.14 bits per heavy atom. The number of carbonyl (C=O) groups excluding carboxylic acids is 2. The monoisotopic (exact) mass is 319 g/mol. The third kappa shape index (κ3) is 5.44. The molecular formula is C16H21N3O2S. The van der Waals surface area contributed by atoms with E-state index in [-0.39, 0.29) is 11.8 Å². The number of aromatic nitrogens is 1. The zero-order valence-electron chi connectivity index (χ0n) is 12.7. The zero-order valence-corrected chi connectivity index (χ0v) is 13.5. The molecule has 2 N–H and O–H groups in total. The van der Waals surface area contributed by atoms with Gasteiger partial charge in [0.1, 0.15) is 0 Å². The van der Waals surface area contributed by atoms with E-state index in [2.05, 4.69) is 21.7 Å². The highest BCUT2D eigenvalue weighted by atomic mass is 32.1. The van der Waals surface area contributed by atoms with Crippen LogP contribution in [0.3, 0.4) is 0 Å². The van der Waals surface area contributed by atoms with Gasteiger partial charge in [-0.1, -0.05) is 12.1 Å². The number of amides is 2. The predicted molar refractivity (Wildman–Crippen MR) is 88.9 cm³/mol. The van der Waals surface area contributed by atoms with Crippen molar-refractivity contribution >= 4 is 33.4 Å². The molecule has 2 aromatic rings.